The molecule has 3 aromatic carbocycles. The molecule has 39 heavy (non-hydrogen) atoms. The standard InChI is InChI=1S/C32H37N3O4/c1-25-32(21-8-15-26-11-4-2-5-12-26,31(37)35-33-22-9-16-27-13-6-3-7-14-27)34-30(39-25)28-17-19-29(20-18-28)38-24-10-23-36/h2-8,11-15,17-20,25,33,36H,9-10,16,21-24H2,1H3,(H,35,37)/b15-8+/t25-,32-/m0/s1. The minimum atomic E-state index is -1.12. The average molecular weight is 528 g/mol. The fraction of sp³-hybridized carbons (Fsp3) is 0.312. The summed E-state index contributed by atoms with van der Waals surface area (Å²) in [5.74, 6) is 0.900. The van der Waals surface area contributed by atoms with Crippen molar-refractivity contribution in [3.8, 4) is 5.75 Å². The highest BCUT2D eigenvalue weighted by atomic mass is 16.5. The van der Waals surface area contributed by atoms with Crippen molar-refractivity contribution in [2.45, 2.75) is 44.2 Å². The van der Waals surface area contributed by atoms with Gasteiger partial charge in [0.1, 0.15) is 11.9 Å². The monoisotopic (exact) mass is 527 g/mol. The van der Waals surface area contributed by atoms with Crippen LogP contribution in [0.1, 0.15) is 42.9 Å². The molecular weight excluding hydrogens is 490 g/mol. The normalized spacial score (nSPS) is 18.5. The van der Waals surface area contributed by atoms with Gasteiger partial charge in [0.05, 0.1) is 6.61 Å². The molecule has 7 nitrogen and oxygen atoms in total. The third-order valence-corrected chi connectivity index (χ3v) is 6.68. The Morgan fingerprint density at radius 2 is 1.74 bits per heavy atom. The van der Waals surface area contributed by atoms with Gasteiger partial charge in [-0.1, -0.05) is 72.8 Å². The summed E-state index contributed by atoms with van der Waals surface area (Å²) in [6.45, 7) is 3.05. The van der Waals surface area contributed by atoms with Crippen LogP contribution in [0.5, 0.6) is 5.75 Å². The van der Waals surface area contributed by atoms with Crippen molar-refractivity contribution in [2.24, 2.45) is 4.99 Å². The zero-order chi connectivity index (χ0) is 27.3. The predicted octanol–water partition coefficient (Wildman–Crippen LogP) is 4.71. The van der Waals surface area contributed by atoms with Crippen molar-refractivity contribution >= 4 is 17.9 Å². The SMILES string of the molecule is C[C@@H]1OC(c2ccc(OCCCO)cc2)=N[C@]1(C/C=C/c1ccccc1)C(=O)NNCCCc1ccccc1. The highest BCUT2D eigenvalue weighted by molar-refractivity contribution is 6.00. The first kappa shape index (κ1) is 28.1. The van der Waals surface area contributed by atoms with E-state index in [4.69, 9.17) is 19.6 Å². The van der Waals surface area contributed by atoms with E-state index in [1.54, 1.807) is 0 Å². The topological polar surface area (TPSA) is 92.2 Å². The molecule has 3 aromatic rings. The van der Waals surface area contributed by atoms with Crippen LogP contribution in [0.15, 0.2) is 96.0 Å². The fourth-order valence-corrected chi connectivity index (χ4v) is 4.40. The Morgan fingerprint density at radius 1 is 1.03 bits per heavy atom. The number of carbonyl (C=O) groups excluding carboxylic acids is 1. The summed E-state index contributed by atoms with van der Waals surface area (Å²) in [4.78, 5) is 18.5. The molecule has 204 valence electrons. The summed E-state index contributed by atoms with van der Waals surface area (Å²) in [6, 6.07) is 27.7. The van der Waals surface area contributed by atoms with E-state index in [1.807, 2.05) is 91.9 Å². The summed E-state index contributed by atoms with van der Waals surface area (Å²) in [5.41, 5.74) is 7.95. The van der Waals surface area contributed by atoms with Gasteiger partial charge in [-0.3, -0.25) is 10.2 Å². The molecule has 1 heterocycles. The first-order chi connectivity index (χ1) is 19.1. The quantitative estimate of drug-likeness (QED) is 0.209. The number of benzene rings is 3. The van der Waals surface area contributed by atoms with Gasteiger partial charge >= 0.3 is 0 Å². The van der Waals surface area contributed by atoms with Crippen molar-refractivity contribution < 1.29 is 19.4 Å². The molecule has 0 spiro atoms. The molecule has 0 saturated heterocycles. The second-order valence-electron chi connectivity index (χ2n) is 9.54. The van der Waals surface area contributed by atoms with Crippen molar-refractivity contribution in [3.63, 3.8) is 0 Å². The van der Waals surface area contributed by atoms with Crippen molar-refractivity contribution in [1.29, 1.82) is 0 Å². The minimum absolute atomic E-state index is 0.0887. The van der Waals surface area contributed by atoms with Gasteiger partial charge in [-0.2, -0.15) is 0 Å². The van der Waals surface area contributed by atoms with Crippen LogP contribution in [0.3, 0.4) is 0 Å². The van der Waals surface area contributed by atoms with E-state index in [2.05, 4.69) is 23.0 Å². The molecule has 7 heteroatoms. The summed E-state index contributed by atoms with van der Waals surface area (Å²) >= 11 is 0. The minimum Gasteiger partial charge on any atom is -0.494 e. The Kier molecular flexibility index (Phi) is 10.3. The molecule has 0 radical (unpaired) electrons. The lowest BCUT2D eigenvalue weighted by atomic mass is 9.89. The van der Waals surface area contributed by atoms with E-state index in [1.165, 1.54) is 5.56 Å². The summed E-state index contributed by atoms with van der Waals surface area (Å²) in [5, 5.41) is 8.95. The van der Waals surface area contributed by atoms with E-state index in [-0.39, 0.29) is 12.5 Å². The number of ether oxygens (including phenoxy) is 2. The molecule has 4 rings (SSSR count). The Morgan fingerprint density at radius 3 is 2.46 bits per heavy atom. The third kappa shape index (κ3) is 7.78. The number of hydrogen-bond donors (Lipinski definition) is 3. The number of hydrogen-bond acceptors (Lipinski definition) is 6. The van der Waals surface area contributed by atoms with Gasteiger partial charge in [0.15, 0.2) is 5.54 Å². The van der Waals surface area contributed by atoms with Crippen LogP contribution in [0, 0.1) is 0 Å². The molecule has 0 bridgehead atoms. The van der Waals surface area contributed by atoms with Gasteiger partial charge in [-0.25, -0.2) is 10.4 Å². The third-order valence-electron chi connectivity index (χ3n) is 6.68. The largest absolute Gasteiger partial charge is 0.494 e. The van der Waals surface area contributed by atoms with Crippen LogP contribution in [0.2, 0.25) is 0 Å². The number of nitrogens with one attached hydrogen (secondary N) is 2. The number of carbonyl (C=O) groups is 1. The molecule has 1 aliphatic rings. The average Bonchev–Trinajstić information content (AvgIpc) is 3.31. The van der Waals surface area contributed by atoms with Crippen LogP contribution < -0.4 is 15.6 Å². The van der Waals surface area contributed by atoms with Crippen LogP contribution >= 0.6 is 0 Å². The molecule has 0 fully saturated rings. The van der Waals surface area contributed by atoms with Crippen LogP contribution in [0.25, 0.3) is 6.08 Å². The second-order valence-corrected chi connectivity index (χ2v) is 9.54. The number of rotatable bonds is 14. The van der Waals surface area contributed by atoms with Crippen molar-refractivity contribution in [2.75, 3.05) is 19.8 Å². The zero-order valence-corrected chi connectivity index (χ0v) is 22.4. The molecule has 2 atom stereocenters. The van der Waals surface area contributed by atoms with E-state index in [9.17, 15) is 4.79 Å². The highest BCUT2D eigenvalue weighted by Crippen LogP contribution is 2.33. The molecule has 1 aliphatic heterocycles. The molecule has 0 aromatic heterocycles. The number of hydrazine groups is 1. The van der Waals surface area contributed by atoms with Gasteiger partial charge in [-0.05, 0) is 55.2 Å². The Labute approximate surface area is 230 Å². The molecule has 1 amide bonds. The van der Waals surface area contributed by atoms with E-state index in [0.29, 0.717) is 37.6 Å². The lowest BCUT2D eigenvalue weighted by Crippen LogP contribution is -2.54. The van der Waals surface area contributed by atoms with Gasteiger partial charge in [0.2, 0.25) is 5.90 Å². The second kappa shape index (κ2) is 14.3. The first-order valence-electron chi connectivity index (χ1n) is 13.5. The van der Waals surface area contributed by atoms with E-state index >= 15 is 0 Å². The maximum absolute atomic E-state index is 13.6. The van der Waals surface area contributed by atoms with Crippen molar-refractivity contribution in [3.05, 3.63) is 108 Å². The number of aliphatic hydroxyl groups is 1. The summed E-state index contributed by atoms with van der Waals surface area (Å²) in [6.07, 6.45) is 6.28. The number of amides is 1. The maximum Gasteiger partial charge on any atom is 0.266 e. The molecule has 0 unspecified atom stereocenters. The van der Waals surface area contributed by atoms with Crippen LogP contribution in [-0.2, 0) is 16.0 Å². The number of aliphatic hydroxyl groups excluding tert-OH is 1. The summed E-state index contributed by atoms with van der Waals surface area (Å²) < 4.78 is 11.8. The number of nitrogens with zero attached hydrogens (tertiary/aromatic N) is 1. The van der Waals surface area contributed by atoms with Crippen molar-refractivity contribution in [1.82, 2.24) is 10.9 Å². The van der Waals surface area contributed by atoms with Gasteiger partial charge in [-0.15, -0.1) is 0 Å². The fourth-order valence-electron chi connectivity index (χ4n) is 4.40. The Bertz CT molecular complexity index is 1230. The van der Waals surface area contributed by atoms with E-state index < -0.39 is 11.6 Å². The first-order valence-corrected chi connectivity index (χ1v) is 13.5. The van der Waals surface area contributed by atoms with E-state index in [0.717, 1.165) is 24.0 Å². The van der Waals surface area contributed by atoms with Crippen LogP contribution in [-0.4, -0.2) is 48.3 Å². The van der Waals surface area contributed by atoms with Gasteiger partial charge < -0.3 is 14.6 Å². The molecule has 0 saturated carbocycles. The summed E-state index contributed by atoms with van der Waals surface area (Å²) in [7, 11) is 0. The predicted molar refractivity (Wildman–Crippen MR) is 154 cm³/mol. The molecule has 3 N–H and O–H groups in total. The zero-order valence-electron chi connectivity index (χ0n) is 22.4. The number of aliphatic imine (C=N–C) groups is 1. The Balaban J connectivity index is 1.45. The Hall–Kier alpha value is -3.94. The van der Waals surface area contributed by atoms with Crippen LogP contribution in [0.4, 0.5) is 0 Å². The van der Waals surface area contributed by atoms with Gasteiger partial charge in [0.25, 0.3) is 5.91 Å². The molecular formula is C32H37N3O4. The van der Waals surface area contributed by atoms with Gasteiger partial charge in [0, 0.05) is 31.6 Å². The lowest BCUT2D eigenvalue weighted by Gasteiger charge is -2.27. The maximum atomic E-state index is 13.6. The smallest absolute Gasteiger partial charge is 0.266 e. The highest BCUT2D eigenvalue weighted by Gasteiger charge is 2.49. The number of aryl methyl sites for hydroxylation is 1. The lowest BCUT2D eigenvalue weighted by molar-refractivity contribution is -0.129. The molecule has 0 aliphatic carbocycles.